The van der Waals surface area contributed by atoms with Gasteiger partial charge in [-0.05, 0) is 55.5 Å². The standard InChI is InChI=1S/C16H18ClN7OS/c1-10(2)23-14(8-9-18-23)19-15(25)11(3)26-16-20-21-22-24(16)13-6-4-12(17)5-7-13/h4-11H,1-3H3,(H,19,25)/t11-/m0/s1. The van der Waals surface area contributed by atoms with Gasteiger partial charge in [0.25, 0.3) is 0 Å². The van der Waals surface area contributed by atoms with Crippen molar-refractivity contribution in [2.45, 2.75) is 37.2 Å². The fourth-order valence-electron chi connectivity index (χ4n) is 2.26. The van der Waals surface area contributed by atoms with Gasteiger partial charge in [-0.25, -0.2) is 4.68 Å². The van der Waals surface area contributed by atoms with Crippen LogP contribution in [0.3, 0.4) is 0 Å². The summed E-state index contributed by atoms with van der Waals surface area (Å²) in [4.78, 5) is 12.5. The molecule has 0 aliphatic heterocycles. The van der Waals surface area contributed by atoms with Crippen LogP contribution in [-0.2, 0) is 4.79 Å². The largest absolute Gasteiger partial charge is 0.310 e. The minimum absolute atomic E-state index is 0.150. The Balaban J connectivity index is 1.71. The zero-order valence-electron chi connectivity index (χ0n) is 14.5. The van der Waals surface area contributed by atoms with Crippen LogP contribution in [0.2, 0.25) is 5.02 Å². The number of aromatic nitrogens is 6. The van der Waals surface area contributed by atoms with Crippen molar-refractivity contribution in [2.75, 3.05) is 5.32 Å². The molecule has 10 heteroatoms. The molecule has 1 atom stereocenters. The van der Waals surface area contributed by atoms with Crippen LogP contribution in [0.15, 0.2) is 41.7 Å². The van der Waals surface area contributed by atoms with Gasteiger partial charge in [0.1, 0.15) is 5.82 Å². The second-order valence-electron chi connectivity index (χ2n) is 5.85. The summed E-state index contributed by atoms with van der Waals surface area (Å²) in [5.41, 5.74) is 0.771. The number of rotatable bonds is 6. The molecule has 0 bridgehead atoms. The van der Waals surface area contributed by atoms with Crippen molar-refractivity contribution >= 4 is 35.1 Å². The summed E-state index contributed by atoms with van der Waals surface area (Å²) >= 11 is 7.19. The number of nitrogens with one attached hydrogen (secondary N) is 1. The van der Waals surface area contributed by atoms with Crippen LogP contribution in [0.5, 0.6) is 0 Å². The Morgan fingerprint density at radius 1 is 1.19 bits per heavy atom. The van der Waals surface area contributed by atoms with Gasteiger partial charge in [0, 0.05) is 17.1 Å². The molecule has 136 valence electrons. The lowest BCUT2D eigenvalue weighted by Crippen LogP contribution is -2.25. The van der Waals surface area contributed by atoms with Gasteiger partial charge in [0.15, 0.2) is 0 Å². The van der Waals surface area contributed by atoms with Gasteiger partial charge in [-0.3, -0.25) is 4.79 Å². The van der Waals surface area contributed by atoms with Crippen LogP contribution >= 0.6 is 23.4 Å². The van der Waals surface area contributed by atoms with Crippen LogP contribution in [0, 0.1) is 0 Å². The topological polar surface area (TPSA) is 90.5 Å². The molecule has 8 nitrogen and oxygen atoms in total. The molecule has 0 aliphatic carbocycles. The van der Waals surface area contributed by atoms with Crippen LogP contribution in [-0.4, -0.2) is 41.1 Å². The predicted octanol–water partition coefficient (Wildman–Crippen LogP) is 3.21. The smallest absolute Gasteiger partial charge is 0.238 e. The first kappa shape index (κ1) is 18.4. The molecule has 3 rings (SSSR count). The van der Waals surface area contributed by atoms with Gasteiger partial charge >= 0.3 is 0 Å². The molecule has 1 N–H and O–H groups in total. The summed E-state index contributed by atoms with van der Waals surface area (Å²) in [5, 5.41) is 19.6. The van der Waals surface area contributed by atoms with E-state index in [0.717, 1.165) is 5.69 Å². The number of tetrazole rings is 1. The molecule has 0 saturated carbocycles. The van der Waals surface area contributed by atoms with E-state index in [9.17, 15) is 4.79 Å². The van der Waals surface area contributed by atoms with Crippen molar-refractivity contribution in [3.63, 3.8) is 0 Å². The maximum atomic E-state index is 12.5. The molecule has 1 amide bonds. The van der Waals surface area contributed by atoms with E-state index in [4.69, 9.17) is 11.6 Å². The number of hydrogen-bond donors (Lipinski definition) is 1. The third kappa shape index (κ3) is 4.05. The normalized spacial score (nSPS) is 12.3. The lowest BCUT2D eigenvalue weighted by molar-refractivity contribution is -0.115. The predicted molar refractivity (Wildman–Crippen MR) is 101 cm³/mol. The number of anilines is 1. The highest BCUT2D eigenvalue weighted by Gasteiger charge is 2.20. The first-order chi connectivity index (χ1) is 12.5. The average Bonchev–Trinajstić information content (AvgIpc) is 3.25. The van der Waals surface area contributed by atoms with Crippen LogP contribution < -0.4 is 5.32 Å². The van der Waals surface area contributed by atoms with Crippen molar-refractivity contribution < 1.29 is 4.79 Å². The SMILES string of the molecule is CC(C)n1nccc1NC(=O)[C@H](C)Sc1nnnn1-c1ccc(Cl)cc1. The van der Waals surface area contributed by atoms with Gasteiger partial charge in [-0.1, -0.05) is 23.4 Å². The molecular formula is C16H18ClN7OS. The van der Waals surface area contributed by atoms with Gasteiger partial charge in [0.2, 0.25) is 11.1 Å². The van der Waals surface area contributed by atoms with Gasteiger partial charge in [-0.15, -0.1) is 5.10 Å². The van der Waals surface area contributed by atoms with Gasteiger partial charge in [-0.2, -0.15) is 9.78 Å². The molecule has 1 aromatic carbocycles. The quantitative estimate of drug-likeness (QED) is 0.649. The molecule has 2 aromatic heterocycles. The van der Waals surface area contributed by atoms with E-state index in [-0.39, 0.29) is 11.9 Å². The van der Waals surface area contributed by atoms with Crippen molar-refractivity contribution in [3.8, 4) is 5.69 Å². The molecule has 0 fully saturated rings. The summed E-state index contributed by atoms with van der Waals surface area (Å²) in [5.74, 6) is 0.512. The van der Waals surface area contributed by atoms with Crippen molar-refractivity contribution in [1.29, 1.82) is 0 Å². The minimum Gasteiger partial charge on any atom is -0.310 e. The van der Waals surface area contributed by atoms with Crippen molar-refractivity contribution in [1.82, 2.24) is 30.0 Å². The number of hydrogen-bond acceptors (Lipinski definition) is 6. The molecule has 0 aliphatic rings. The van der Waals surface area contributed by atoms with E-state index in [1.54, 1.807) is 40.7 Å². The Bertz CT molecular complexity index is 890. The van der Waals surface area contributed by atoms with E-state index >= 15 is 0 Å². The molecule has 0 spiro atoms. The number of carbonyl (C=O) groups excluding carboxylic acids is 1. The maximum absolute atomic E-state index is 12.5. The Labute approximate surface area is 159 Å². The number of halogens is 1. The first-order valence-corrected chi connectivity index (χ1v) is 9.27. The second kappa shape index (κ2) is 7.88. The van der Waals surface area contributed by atoms with E-state index in [0.29, 0.717) is 16.0 Å². The Kier molecular flexibility index (Phi) is 5.58. The highest BCUT2D eigenvalue weighted by Crippen LogP contribution is 2.24. The Morgan fingerprint density at radius 2 is 1.92 bits per heavy atom. The average molecular weight is 392 g/mol. The van der Waals surface area contributed by atoms with Crippen LogP contribution in [0.25, 0.3) is 5.69 Å². The van der Waals surface area contributed by atoms with E-state index in [1.165, 1.54) is 11.8 Å². The van der Waals surface area contributed by atoms with E-state index in [1.807, 2.05) is 26.0 Å². The number of benzene rings is 1. The van der Waals surface area contributed by atoms with Crippen molar-refractivity contribution in [3.05, 3.63) is 41.6 Å². The molecule has 2 heterocycles. The zero-order chi connectivity index (χ0) is 18.7. The monoisotopic (exact) mass is 391 g/mol. The van der Waals surface area contributed by atoms with E-state index < -0.39 is 5.25 Å². The highest BCUT2D eigenvalue weighted by atomic mass is 35.5. The lowest BCUT2D eigenvalue weighted by Gasteiger charge is -2.14. The lowest BCUT2D eigenvalue weighted by atomic mass is 10.3. The van der Waals surface area contributed by atoms with Crippen LogP contribution in [0.1, 0.15) is 26.8 Å². The fourth-order valence-corrected chi connectivity index (χ4v) is 3.19. The summed E-state index contributed by atoms with van der Waals surface area (Å²) in [6.07, 6.45) is 1.66. The Morgan fingerprint density at radius 3 is 2.62 bits per heavy atom. The molecule has 26 heavy (non-hydrogen) atoms. The number of amides is 1. The Hall–Kier alpha value is -2.39. The van der Waals surface area contributed by atoms with Gasteiger partial charge < -0.3 is 5.32 Å². The molecule has 0 saturated heterocycles. The summed E-state index contributed by atoms with van der Waals surface area (Å²) in [6, 6.07) is 9.07. The molecule has 3 aromatic rings. The van der Waals surface area contributed by atoms with E-state index in [2.05, 4.69) is 25.9 Å². The molecular weight excluding hydrogens is 374 g/mol. The number of carbonyl (C=O) groups is 1. The van der Waals surface area contributed by atoms with Crippen molar-refractivity contribution in [2.24, 2.45) is 0 Å². The minimum atomic E-state index is -0.400. The third-order valence-electron chi connectivity index (χ3n) is 3.57. The molecule has 0 radical (unpaired) electrons. The summed E-state index contributed by atoms with van der Waals surface area (Å²) in [7, 11) is 0. The fraction of sp³-hybridized carbons (Fsp3) is 0.312. The number of thioether (sulfide) groups is 1. The zero-order valence-corrected chi connectivity index (χ0v) is 16.1. The second-order valence-corrected chi connectivity index (χ2v) is 7.60. The highest BCUT2D eigenvalue weighted by molar-refractivity contribution is 8.00. The molecule has 0 unspecified atom stereocenters. The first-order valence-electron chi connectivity index (χ1n) is 8.01. The van der Waals surface area contributed by atoms with Gasteiger partial charge in [0.05, 0.1) is 17.1 Å². The summed E-state index contributed by atoms with van der Waals surface area (Å²) in [6.45, 7) is 5.80. The summed E-state index contributed by atoms with van der Waals surface area (Å²) < 4.78 is 3.33. The number of nitrogens with zero attached hydrogens (tertiary/aromatic N) is 6. The third-order valence-corrected chi connectivity index (χ3v) is 4.86. The maximum Gasteiger partial charge on any atom is 0.238 e. The van der Waals surface area contributed by atoms with Crippen LogP contribution in [0.4, 0.5) is 5.82 Å².